The Morgan fingerprint density at radius 2 is 1.33 bits per heavy atom. The minimum Gasteiger partial charge on any atom is -0.545 e. The van der Waals surface area contributed by atoms with Gasteiger partial charge in [0.25, 0.3) is 0 Å². The van der Waals surface area contributed by atoms with Gasteiger partial charge < -0.3 is 15.6 Å². The van der Waals surface area contributed by atoms with Crippen molar-refractivity contribution in [3.05, 3.63) is 12.7 Å². The first-order valence-corrected chi connectivity index (χ1v) is 7.31. The summed E-state index contributed by atoms with van der Waals surface area (Å²) in [4.78, 5) is 9.14. The van der Waals surface area contributed by atoms with Crippen molar-refractivity contribution in [1.29, 1.82) is 0 Å². The fourth-order valence-electron chi connectivity index (χ4n) is 1.66. The molecular weight excluding hydrogens is 226 g/mol. The molecule has 0 aliphatic rings. The van der Waals surface area contributed by atoms with Crippen molar-refractivity contribution in [3.63, 3.8) is 0 Å². The van der Waals surface area contributed by atoms with Crippen molar-refractivity contribution in [2.24, 2.45) is 0 Å². The van der Waals surface area contributed by atoms with Crippen LogP contribution in [-0.4, -0.2) is 12.5 Å². The number of quaternary nitrogens is 1. The van der Waals surface area contributed by atoms with Gasteiger partial charge in [-0.25, -0.2) is 0 Å². The van der Waals surface area contributed by atoms with Gasteiger partial charge in [-0.3, -0.25) is 0 Å². The van der Waals surface area contributed by atoms with Crippen LogP contribution in [0.5, 0.6) is 0 Å². The third-order valence-corrected chi connectivity index (χ3v) is 2.77. The minimum absolute atomic E-state index is 0.722. The Morgan fingerprint density at radius 1 is 1.00 bits per heavy atom. The van der Waals surface area contributed by atoms with Crippen molar-refractivity contribution in [3.8, 4) is 0 Å². The number of carboxylic acids is 1. The molecule has 0 saturated heterocycles. The van der Waals surface area contributed by atoms with Crippen molar-refractivity contribution in [1.82, 2.24) is 0 Å². The second-order valence-corrected chi connectivity index (χ2v) is 4.56. The maximum absolute atomic E-state index is 9.14. The Balaban J connectivity index is 0. The Bertz CT molecular complexity index is 171. The summed E-state index contributed by atoms with van der Waals surface area (Å²) in [5.41, 5.74) is 3.85. The molecule has 3 N–H and O–H groups in total. The highest BCUT2D eigenvalue weighted by Gasteiger charge is 1.91. The number of hydrogen-bond acceptors (Lipinski definition) is 2. The first kappa shape index (κ1) is 19.5. The molecular formula is C15H31NO2. The molecule has 0 amide bonds. The predicted octanol–water partition coefficient (Wildman–Crippen LogP) is 2.07. The van der Waals surface area contributed by atoms with E-state index in [9.17, 15) is 0 Å². The van der Waals surface area contributed by atoms with Crippen molar-refractivity contribution >= 4 is 5.97 Å². The second kappa shape index (κ2) is 18.5. The summed E-state index contributed by atoms with van der Waals surface area (Å²) in [6.45, 7) is 6.30. The molecule has 3 nitrogen and oxygen atoms in total. The van der Waals surface area contributed by atoms with Gasteiger partial charge in [-0.2, -0.15) is 0 Å². The van der Waals surface area contributed by atoms with Gasteiger partial charge in [0.2, 0.25) is 0 Å². The van der Waals surface area contributed by atoms with Crippen LogP contribution in [0, 0.1) is 0 Å². The summed E-state index contributed by atoms with van der Waals surface area (Å²) in [5, 5.41) is 9.14. The van der Waals surface area contributed by atoms with E-state index in [0.29, 0.717) is 0 Å². The molecule has 0 radical (unpaired) electrons. The lowest BCUT2D eigenvalue weighted by atomic mass is 10.1. The van der Waals surface area contributed by atoms with Crippen molar-refractivity contribution in [2.75, 3.05) is 6.54 Å². The van der Waals surface area contributed by atoms with E-state index in [-0.39, 0.29) is 0 Å². The molecule has 0 rings (SSSR count). The Morgan fingerprint density at radius 3 is 1.61 bits per heavy atom. The zero-order valence-electron chi connectivity index (χ0n) is 12.1. The minimum atomic E-state index is -1.23. The Labute approximate surface area is 112 Å². The van der Waals surface area contributed by atoms with Crippen LogP contribution in [0.2, 0.25) is 0 Å². The highest BCUT2D eigenvalue weighted by Crippen LogP contribution is 2.09. The van der Waals surface area contributed by atoms with Crippen LogP contribution in [0.4, 0.5) is 0 Å². The fourth-order valence-corrected chi connectivity index (χ4v) is 1.66. The molecule has 0 atom stereocenters. The highest BCUT2D eigenvalue weighted by atomic mass is 16.4. The first-order chi connectivity index (χ1) is 8.68. The van der Waals surface area contributed by atoms with Crippen LogP contribution in [0.25, 0.3) is 0 Å². The predicted molar refractivity (Wildman–Crippen MR) is 74.8 cm³/mol. The second-order valence-electron chi connectivity index (χ2n) is 4.56. The molecule has 0 aliphatic heterocycles. The zero-order chi connectivity index (χ0) is 14.1. The SMILES string of the molecule is C=CC(=O)[O-].CCCCCCCCCCCC[NH3+]. The van der Waals surface area contributed by atoms with Gasteiger partial charge in [0.05, 0.1) is 12.5 Å². The number of aliphatic carboxylic acids is 1. The van der Waals surface area contributed by atoms with Crippen LogP contribution in [0.1, 0.15) is 71.1 Å². The molecule has 0 saturated carbocycles. The average molecular weight is 257 g/mol. The molecule has 0 aromatic heterocycles. The molecule has 0 aliphatic carbocycles. The zero-order valence-corrected chi connectivity index (χ0v) is 12.1. The Kier molecular flexibility index (Phi) is 20.1. The third kappa shape index (κ3) is 24.4. The molecule has 108 valence electrons. The van der Waals surface area contributed by atoms with Crippen LogP contribution in [0.3, 0.4) is 0 Å². The van der Waals surface area contributed by atoms with Crippen LogP contribution in [-0.2, 0) is 4.79 Å². The molecule has 18 heavy (non-hydrogen) atoms. The van der Waals surface area contributed by atoms with E-state index in [2.05, 4.69) is 19.2 Å². The van der Waals surface area contributed by atoms with E-state index in [1.807, 2.05) is 0 Å². The maximum Gasteiger partial charge on any atom is 0.0739 e. The topological polar surface area (TPSA) is 67.8 Å². The molecule has 0 heterocycles. The summed E-state index contributed by atoms with van der Waals surface area (Å²) in [5.74, 6) is -1.23. The fraction of sp³-hybridized carbons (Fsp3) is 0.800. The van der Waals surface area contributed by atoms with E-state index in [4.69, 9.17) is 9.90 Å². The van der Waals surface area contributed by atoms with Crippen LogP contribution < -0.4 is 10.8 Å². The molecule has 0 unspecified atom stereocenters. The lowest BCUT2D eigenvalue weighted by Gasteiger charge is -2.00. The standard InChI is InChI=1S/C12H27N.C3H4O2/c1-2-3-4-5-6-7-8-9-10-11-12-13;1-2-3(4)5/h2-13H2,1H3;2H,1H2,(H,4,5). The summed E-state index contributed by atoms with van der Waals surface area (Å²) < 4.78 is 0. The van der Waals surface area contributed by atoms with Gasteiger partial charge in [-0.15, -0.1) is 0 Å². The molecule has 0 fully saturated rings. The number of hydrogen-bond donors (Lipinski definition) is 1. The molecule has 0 aromatic carbocycles. The quantitative estimate of drug-likeness (QED) is 0.455. The number of unbranched alkanes of at least 4 members (excludes halogenated alkanes) is 9. The molecule has 0 bridgehead atoms. The largest absolute Gasteiger partial charge is 0.545 e. The van der Waals surface area contributed by atoms with Crippen molar-refractivity contribution < 1.29 is 15.6 Å². The van der Waals surface area contributed by atoms with E-state index < -0.39 is 5.97 Å². The van der Waals surface area contributed by atoms with E-state index in [1.54, 1.807) is 0 Å². The van der Waals surface area contributed by atoms with E-state index in [1.165, 1.54) is 64.2 Å². The molecule has 0 spiro atoms. The van der Waals surface area contributed by atoms with Gasteiger partial charge in [0.1, 0.15) is 0 Å². The number of carboxylic acid groups (broad SMARTS) is 1. The van der Waals surface area contributed by atoms with Gasteiger partial charge in [-0.1, -0.05) is 64.9 Å². The number of carbonyl (C=O) groups excluding carboxylic acids is 1. The smallest absolute Gasteiger partial charge is 0.0739 e. The summed E-state index contributed by atoms with van der Waals surface area (Å²) in [7, 11) is 0. The Hall–Kier alpha value is -0.830. The third-order valence-electron chi connectivity index (χ3n) is 2.77. The number of carbonyl (C=O) groups is 1. The van der Waals surface area contributed by atoms with E-state index >= 15 is 0 Å². The van der Waals surface area contributed by atoms with Crippen LogP contribution >= 0.6 is 0 Å². The van der Waals surface area contributed by atoms with Gasteiger partial charge in [-0.05, 0) is 18.9 Å². The molecule has 3 heteroatoms. The van der Waals surface area contributed by atoms with E-state index in [0.717, 1.165) is 12.6 Å². The van der Waals surface area contributed by atoms with Gasteiger partial charge >= 0.3 is 0 Å². The monoisotopic (exact) mass is 257 g/mol. The normalized spacial score (nSPS) is 9.44. The summed E-state index contributed by atoms with van der Waals surface area (Å²) in [6.07, 6.45) is 15.0. The summed E-state index contributed by atoms with van der Waals surface area (Å²) in [6, 6.07) is 0. The van der Waals surface area contributed by atoms with Crippen LogP contribution in [0.15, 0.2) is 12.7 Å². The lowest BCUT2D eigenvalue weighted by molar-refractivity contribution is -0.368. The summed E-state index contributed by atoms with van der Waals surface area (Å²) >= 11 is 0. The highest BCUT2D eigenvalue weighted by molar-refractivity contribution is 5.76. The maximum atomic E-state index is 9.14. The average Bonchev–Trinajstić information content (AvgIpc) is 2.37. The van der Waals surface area contributed by atoms with Gasteiger partial charge in [0.15, 0.2) is 0 Å². The van der Waals surface area contributed by atoms with Gasteiger partial charge in [0, 0.05) is 0 Å². The lowest BCUT2D eigenvalue weighted by Crippen LogP contribution is -2.50. The molecule has 0 aromatic rings. The van der Waals surface area contributed by atoms with Crippen molar-refractivity contribution in [2.45, 2.75) is 71.1 Å². The first-order valence-electron chi connectivity index (χ1n) is 7.31. The number of rotatable bonds is 11.